The fourth-order valence-corrected chi connectivity index (χ4v) is 2.60. The number of nitrogen functional groups attached to an aromatic ring is 1. The second-order valence-corrected chi connectivity index (χ2v) is 5.48. The molecule has 2 fully saturated rings. The fraction of sp³-hybridized carbons (Fsp3) is 0.533. The summed E-state index contributed by atoms with van der Waals surface area (Å²) in [4.78, 5) is 11.5. The molecule has 2 aliphatic rings. The molecule has 1 saturated carbocycles. The molecule has 0 aromatic heterocycles. The van der Waals surface area contributed by atoms with Gasteiger partial charge in [-0.1, -0.05) is 6.07 Å². The second kappa shape index (κ2) is 5.32. The third-order valence-electron chi connectivity index (χ3n) is 4.11. The molecule has 0 amide bonds. The number of hydrogen-bond donors (Lipinski definition) is 2. The first kappa shape index (κ1) is 13.2. The molecular weight excluding hydrogens is 256 g/mol. The van der Waals surface area contributed by atoms with E-state index in [1.807, 2.05) is 18.2 Å². The van der Waals surface area contributed by atoms with Crippen molar-refractivity contribution in [3.63, 3.8) is 0 Å². The van der Waals surface area contributed by atoms with Gasteiger partial charge in [-0.25, -0.2) is 0 Å². The Morgan fingerprint density at radius 2 is 2.35 bits per heavy atom. The number of rotatable bonds is 5. The normalized spacial score (nSPS) is 27.6. The smallest absolute Gasteiger partial charge is 0.309 e. The second-order valence-electron chi connectivity index (χ2n) is 5.48. The van der Waals surface area contributed by atoms with Crippen LogP contribution in [0.25, 0.3) is 0 Å². The van der Waals surface area contributed by atoms with Crippen LogP contribution in [0.5, 0.6) is 0 Å². The molecule has 3 unspecified atom stereocenters. The zero-order valence-corrected chi connectivity index (χ0v) is 11.6. The standard InChI is InChI=1S/C15H20N2O3/c1-19-15(18)12-7-11(12)9-2-3-13(16)14(6-9)17-8-10-4-5-20-10/h2-3,6,10-12,17H,4-5,7-8,16H2,1H3. The van der Waals surface area contributed by atoms with Crippen LogP contribution in [-0.4, -0.2) is 32.3 Å². The molecule has 5 nitrogen and oxygen atoms in total. The molecule has 5 heteroatoms. The lowest BCUT2D eigenvalue weighted by molar-refractivity contribution is -0.142. The molecule has 0 radical (unpaired) electrons. The number of carbonyl (C=O) groups excluding carboxylic acids is 1. The highest BCUT2D eigenvalue weighted by Gasteiger charge is 2.45. The van der Waals surface area contributed by atoms with Crippen molar-refractivity contribution in [1.82, 2.24) is 0 Å². The van der Waals surface area contributed by atoms with Gasteiger partial charge in [-0.05, 0) is 36.5 Å². The number of nitrogens with one attached hydrogen (secondary N) is 1. The minimum Gasteiger partial charge on any atom is -0.469 e. The molecule has 1 saturated heterocycles. The van der Waals surface area contributed by atoms with E-state index in [-0.39, 0.29) is 17.8 Å². The molecule has 3 N–H and O–H groups in total. The number of nitrogens with two attached hydrogens (primary N) is 1. The van der Waals surface area contributed by atoms with Crippen LogP contribution >= 0.6 is 0 Å². The van der Waals surface area contributed by atoms with Crippen molar-refractivity contribution < 1.29 is 14.3 Å². The Bertz CT molecular complexity index is 514. The SMILES string of the molecule is COC(=O)C1CC1c1ccc(N)c(NCC2CCO2)c1. The first-order valence-electron chi connectivity index (χ1n) is 7.01. The number of methoxy groups -OCH3 is 1. The van der Waals surface area contributed by atoms with E-state index in [2.05, 4.69) is 5.32 Å². The van der Waals surface area contributed by atoms with Crippen molar-refractivity contribution in [2.45, 2.75) is 24.9 Å². The summed E-state index contributed by atoms with van der Waals surface area (Å²) in [5.41, 5.74) is 8.78. The quantitative estimate of drug-likeness (QED) is 0.633. The summed E-state index contributed by atoms with van der Waals surface area (Å²) >= 11 is 0. The molecule has 20 heavy (non-hydrogen) atoms. The average Bonchev–Trinajstić information content (AvgIpc) is 3.18. The van der Waals surface area contributed by atoms with Crippen LogP contribution in [0.4, 0.5) is 11.4 Å². The maximum Gasteiger partial charge on any atom is 0.309 e. The van der Waals surface area contributed by atoms with Gasteiger partial charge in [0.1, 0.15) is 0 Å². The molecule has 1 aromatic rings. The third kappa shape index (κ3) is 2.58. The van der Waals surface area contributed by atoms with Crippen LogP contribution in [0.2, 0.25) is 0 Å². The topological polar surface area (TPSA) is 73.6 Å². The largest absolute Gasteiger partial charge is 0.469 e. The molecule has 0 bridgehead atoms. The molecule has 1 heterocycles. The summed E-state index contributed by atoms with van der Waals surface area (Å²) in [6.45, 7) is 1.63. The Hall–Kier alpha value is -1.75. The molecule has 1 aromatic carbocycles. The number of ether oxygens (including phenoxy) is 2. The molecule has 108 valence electrons. The molecule has 0 spiro atoms. The van der Waals surface area contributed by atoms with Gasteiger partial charge in [0.2, 0.25) is 0 Å². The lowest BCUT2D eigenvalue weighted by atomic mass is 10.1. The Balaban J connectivity index is 1.65. The Morgan fingerprint density at radius 3 is 3.00 bits per heavy atom. The third-order valence-corrected chi connectivity index (χ3v) is 4.11. The van der Waals surface area contributed by atoms with Crippen LogP contribution in [0.15, 0.2) is 18.2 Å². The highest BCUT2D eigenvalue weighted by Crippen LogP contribution is 2.48. The molecule has 1 aliphatic carbocycles. The van der Waals surface area contributed by atoms with Crippen molar-refractivity contribution >= 4 is 17.3 Å². The fourth-order valence-electron chi connectivity index (χ4n) is 2.60. The number of hydrogen-bond acceptors (Lipinski definition) is 5. The highest BCUT2D eigenvalue weighted by molar-refractivity contribution is 5.78. The molecule has 3 rings (SSSR count). The van der Waals surface area contributed by atoms with Gasteiger partial charge < -0.3 is 20.5 Å². The van der Waals surface area contributed by atoms with E-state index in [0.717, 1.165) is 42.9 Å². The minimum absolute atomic E-state index is 0.00596. The van der Waals surface area contributed by atoms with Crippen LogP contribution in [0, 0.1) is 5.92 Å². The van der Waals surface area contributed by atoms with Gasteiger partial charge in [-0.3, -0.25) is 4.79 Å². The lowest BCUT2D eigenvalue weighted by Crippen LogP contribution is -2.33. The number of carbonyl (C=O) groups is 1. The van der Waals surface area contributed by atoms with Gasteiger partial charge in [0.15, 0.2) is 0 Å². The zero-order chi connectivity index (χ0) is 14.1. The predicted molar refractivity (Wildman–Crippen MR) is 76.6 cm³/mol. The average molecular weight is 276 g/mol. The van der Waals surface area contributed by atoms with Crippen molar-refractivity contribution in [2.75, 3.05) is 31.3 Å². The van der Waals surface area contributed by atoms with Gasteiger partial charge in [0, 0.05) is 13.2 Å². The summed E-state index contributed by atoms with van der Waals surface area (Å²) in [5.74, 6) is 0.152. The minimum atomic E-state index is -0.121. The van der Waals surface area contributed by atoms with Gasteiger partial charge in [0.05, 0.1) is 30.5 Å². The summed E-state index contributed by atoms with van der Waals surface area (Å²) in [7, 11) is 1.44. The van der Waals surface area contributed by atoms with Gasteiger partial charge in [0.25, 0.3) is 0 Å². The summed E-state index contributed by atoms with van der Waals surface area (Å²) in [5, 5.41) is 3.33. The van der Waals surface area contributed by atoms with Crippen LogP contribution in [-0.2, 0) is 14.3 Å². The first-order chi connectivity index (χ1) is 9.69. The van der Waals surface area contributed by atoms with E-state index in [1.165, 1.54) is 7.11 Å². The predicted octanol–water partition coefficient (Wildman–Crippen LogP) is 1.75. The zero-order valence-electron chi connectivity index (χ0n) is 11.6. The van der Waals surface area contributed by atoms with Crippen molar-refractivity contribution in [1.29, 1.82) is 0 Å². The van der Waals surface area contributed by atoms with Crippen LogP contribution < -0.4 is 11.1 Å². The van der Waals surface area contributed by atoms with E-state index in [1.54, 1.807) is 0 Å². The number of esters is 1. The van der Waals surface area contributed by atoms with Crippen molar-refractivity contribution in [3.05, 3.63) is 23.8 Å². The van der Waals surface area contributed by atoms with Crippen LogP contribution in [0.3, 0.4) is 0 Å². The van der Waals surface area contributed by atoms with E-state index in [0.29, 0.717) is 6.10 Å². The summed E-state index contributed by atoms with van der Waals surface area (Å²) in [6.07, 6.45) is 2.25. The van der Waals surface area contributed by atoms with Crippen molar-refractivity contribution in [2.24, 2.45) is 5.92 Å². The Labute approximate surface area is 118 Å². The highest BCUT2D eigenvalue weighted by atomic mass is 16.5. The van der Waals surface area contributed by atoms with Gasteiger partial charge in [-0.2, -0.15) is 0 Å². The Kier molecular flexibility index (Phi) is 3.53. The van der Waals surface area contributed by atoms with E-state index in [4.69, 9.17) is 15.2 Å². The van der Waals surface area contributed by atoms with E-state index in [9.17, 15) is 4.79 Å². The summed E-state index contributed by atoms with van der Waals surface area (Å²) < 4.78 is 10.2. The number of anilines is 2. The van der Waals surface area contributed by atoms with E-state index < -0.39 is 0 Å². The molecular formula is C15H20N2O3. The molecule has 3 atom stereocenters. The van der Waals surface area contributed by atoms with Crippen molar-refractivity contribution in [3.8, 4) is 0 Å². The summed E-state index contributed by atoms with van der Waals surface area (Å²) in [6, 6.07) is 5.93. The maximum absolute atomic E-state index is 11.5. The first-order valence-corrected chi connectivity index (χ1v) is 7.01. The lowest BCUT2D eigenvalue weighted by Gasteiger charge is -2.27. The Morgan fingerprint density at radius 1 is 1.55 bits per heavy atom. The maximum atomic E-state index is 11.5. The van der Waals surface area contributed by atoms with Gasteiger partial charge in [-0.15, -0.1) is 0 Å². The monoisotopic (exact) mass is 276 g/mol. The van der Waals surface area contributed by atoms with Crippen LogP contribution in [0.1, 0.15) is 24.3 Å². The molecule has 1 aliphatic heterocycles. The van der Waals surface area contributed by atoms with Gasteiger partial charge >= 0.3 is 5.97 Å². The number of benzene rings is 1. The van der Waals surface area contributed by atoms with E-state index >= 15 is 0 Å².